The number of aliphatic hydroxyl groups excluding tert-OH is 1. The fraction of sp³-hybridized carbons (Fsp3) is 0.533. The summed E-state index contributed by atoms with van der Waals surface area (Å²) < 4.78 is 1.28. The number of aromatic nitrogens is 1. The smallest absolute Gasteiger partial charge is 0.0941 e. The van der Waals surface area contributed by atoms with Crippen molar-refractivity contribution in [2.45, 2.75) is 44.6 Å². The van der Waals surface area contributed by atoms with E-state index in [0.717, 1.165) is 24.8 Å². The molecule has 1 fully saturated rings. The summed E-state index contributed by atoms with van der Waals surface area (Å²) in [6, 6.07) is 8.33. The van der Waals surface area contributed by atoms with Gasteiger partial charge in [0.05, 0.1) is 21.3 Å². The fourth-order valence-electron chi connectivity index (χ4n) is 2.87. The maximum Gasteiger partial charge on any atom is 0.0941 e. The Morgan fingerprint density at radius 2 is 2.06 bits per heavy atom. The van der Waals surface area contributed by atoms with Crippen LogP contribution in [0.1, 0.15) is 37.1 Å². The maximum atomic E-state index is 9.86. The highest BCUT2D eigenvalue weighted by molar-refractivity contribution is 7.18. The first kappa shape index (κ1) is 12.1. The zero-order chi connectivity index (χ0) is 12.4. The Bertz CT molecular complexity index is 489. The zero-order valence-corrected chi connectivity index (χ0v) is 11.3. The first-order chi connectivity index (χ1) is 8.81. The van der Waals surface area contributed by atoms with Gasteiger partial charge in [-0.3, -0.25) is 0 Å². The minimum atomic E-state index is -0.0909. The van der Waals surface area contributed by atoms with E-state index in [1.807, 2.05) is 6.07 Å². The van der Waals surface area contributed by atoms with Crippen molar-refractivity contribution in [2.75, 3.05) is 0 Å². The van der Waals surface area contributed by atoms with Gasteiger partial charge in [-0.25, -0.2) is 4.98 Å². The standard InChI is InChI=1S/C15H19NOS/c17-12-6-2-1-5-11(9-12)10-15-16-13-7-3-4-8-14(13)18-15/h3-4,7-8,11-12,17H,1-2,5-6,9-10H2. The molecule has 1 N–H and O–H groups in total. The quantitative estimate of drug-likeness (QED) is 0.835. The number of fused-ring (bicyclic) bond motifs is 1. The Morgan fingerprint density at radius 3 is 2.94 bits per heavy atom. The third kappa shape index (κ3) is 2.73. The topological polar surface area (TPSA) is 33.1 Å². The number of para-hydroxylation sites is 1. The van der Waals surface area contributed by atoms with Crippen molar-refractivity contribution in [1.82, 2.24) is 4.98 Å². The van der Waals surface area contributed by atoms with Crippen LogP contribution in [0.15, 0.2) is 24.3 Å². The van der Waals surface area contributed by atoms with Crippen LogP contribution in [0.25, 0.3) is 10.2 Å². The monoisotopic (exact) mass is 261 g/mol. The van der Waals surface area contributed by atoms with E-state index >= 15 is 0 Å². The number of thiazole rings is 1. The van der Waals surface area contributed by atoms with Crippen molar-refractivity contribution in [3.8, 4) is 0 Å². The average Bonchev–Trinajstić information content (AvgIpc) is 2.65. The summed E-state index contributed by atoms with van der Waals surface area (Å²) in [5, 5.41) is 11.1. The molecule has 1 aliphatic rings. The molecule has 96 valence electrons. The summed E-state index contributed by atoms with van der Waals surface area (Å²) >= 11 is 1.81. The van der Waals surface area contributed by atoms with Gasteiger partial charge in [0.25, 0.3) is 0 Å². The molecule has 0 aliphatic heterocycles. The summed E-state index contributed by atoms with van der Waals surface area (Å²) in [6.45, 7) is 0. The number of rotatable bonds is 2. The van der Waals surface area contributed by atoms with Crippen molar-refractivity contribution < 1.29 is 5.11 Å². The molecule has 2 aromatic rings. The molecule has 2 atom stereocenters. The first-order valence-corrected chi connectivity index (χ1v) is 7.65. The molecule has 18 heavy (non-hydrogen) atoms. The summed E-state index contributed by atoms with van der Waals surface area (Å²) in [6.07, 6.45) is 6.56. The van der Waals surface area contributed by atoms with Crippen LogP contribution in [-0.2, 0) is 6.42 Å². The van der Waals surface area contributed by atoms with Gasteiger partial charge < -0.3 is 5.11 Å². The second kappa shape index (κ2) is 5.37. The van der Waals surface area contributed by atoms with Crippen molar-refractivity contribution in [1.29, 1.82) is 0 Å². The van der Waals surface area contributed by atoms with E-state index in [1.165, 1.54) is 29.0 Å². The van der Waals surface area contributed by atoms with E-state index in [1.54, 1.807) is 11.3 Å². The van der Waals surface area contributed by atoms with Gasteiger partial charge in [-0.2, -0.15) is 0 Å². The Morgan fingerprint density at radius 1 is 1.22 bits per heavy atom. The molecular weight excluding hydrogens is 242 g/mol. The third-order valence-electron chi connectivity index (χ3n) is 3.81. The van der Waals surface area contributed by atoms with Gasteiger partial charge in [0.1, 0.15) is 0 Å². The minimum Gasteiger partial charge on any atom is -0.393 e. The Kier molecular flexibility index (Phi) is 3.62. The molecule has 0 amide bonds. The predicted octanol–water partition coefficient (Wildman–Crippen LogP) is 3.78. The second-order valence-corrected chi connectivity index (χ2v) is 6.43. The van der Waals surface area contributed by atoms with Gasteiger partial charge in [-0.1, -0.05) is 25.0 Å². The Balaban J connectivity index is 1.74. The fourth-order valence-corrected chi connectivity index (χ4v) is 3.95. The van der Waals surface area contributed by atoms with E-state index in [4.69, 9.17) is 4.98 Å². The molecule has 1 aromatic carbocycles. The van der Waals surface area contributed by atoms with Crippen LogP contribution in [-0.4, -0.2) is 16.2 Å². The van der Waals surface area contributed by atoms with Crippen LogP contribution in [0.5, 0.6) is 0 Å². The molecule has 0 saturated heterocycles. The normalized spacial score (nSPS) is 25.2. The lowest BCUT2D eigenvalue weighted by molar-refractivity contribution is 0.141. The molecule has 2 unspecified atom stereocenters. The van der Waals surface area contributed by atoms with Gasteiger partial charge in [0, 0.05) is 6.42 Å². The van der Waals surface area contributed by atoms with Gasteiger partial charge >= 0.3 is 0 Å². The molecule has 1 aliphatic carbocycles. The van der Waals surface area contributed by atoms with E-state index in [-0.39, 0.29) is 6.10 Å². The largest absolute Gasteiger partial charge is 0.393 e. The molecular formula is C15H19NOS. The summed E-state index contributed by atoms with van der Waals surface area (Å²) in [7, 11) is 0. The molecule has 1 heterocycles. The molecule has 3 heteroatoms. The maximum absolute atomic E-state index is 9.86. The van der Waals surface area contributed by atoms with Crippen LogP contribution in [0.2, 0.25) is 0 Å². The second-order valence-electron chi connectivity index (χ2n) is 5.32. The van der Waals surface area contributed by atoms with Crippen molar-refractivity contribution in [3.05, 3.63) is 29.3 Å². The molecule has 2 nitrogen and oxygen atoms in total. The van der Waals surface area contributed by atoms with Crippen LogP contribution < -0.4 is 0 Å². The Hall–Kier alpha value is -0.930. The molecule has 1 saturated carbocycles. The summed E-state index contributed by atoms with van der Waals surface area (Å²) in [5.74, 6) is 0.614. The van der Waals surface area contributed by atoms with Crippen LogP contribution in [0, 0.1) is 5.92 Å². The highest BCUT2D eigenvalue weighted by atomic mass is 32.1. The lowest BCUT2D eigenvalue weighted by atomic mass is 9.96. The van der Waals surface area contributed by atoms with Crippen LogP contribution in [0.4, 0.5) is 0 Å². The summed E-state index contributed by atoms with van der Waals surface area (Å²) in [4.78, 5) is 4.70. The Labute approximate surface area is 112 Å². The van der Waals surface area contributed by atoms with E-state index in [9.17, 15) is 5.11 Å². The lowest BCUT2D eigenvalue weighted by Crippen LogP contribution is -2.12. The highest BCUT2D eigenvalue weighted by Crippen LogP contribution is 2.29. The lowest BCUT2D eigenvalue weighted by Gasteiger charge is -2.14. The first-order valence-electron chi connectivity index (χ1n) is 6.84. The highest BCUT2D eigenvalue weighted by Gasteiger charge is 2.20. The average molecular weight is 261 g/mol. The third-order valence-corrected chi connectivity index (χ3v) is 4.87. The van der Waals surface area contributed by atoms with E-state index in [0.29, 0.717) is 5.92 Å². The van der Waals surface area contributed by atoms with Gasteiger partial charge in [0.2, 0.25) is 0 Å². The number of nitrogens with zero attached hydrogens (tertiary/aromatic N) is 1. The molecule has 0 radical (unpaired) electrons. The van der Waals surface area contributed by atoms with Gasteiger partial charge in [-0.15, -0.1) is 11.3 Å². The van der Waals surface area contributed by atoms with Crippen molar-refractivity contribution in [3.63, 3.8) is 0 Å². The molecule has 1 aromatic heterocycles. The number of hydrogen-bond acceptors (Lipinski definition) is 3. The molecule has 3 rings (SSSR count). The predicted molar refractivity (Wildman–Crippen MR) is 75.9 cm³/mol. The number of benzene rings is 1. The van der Waals surface area contributed by atoms with Crippen LogP contribution >= 0.6 is 11.3 Å². The van der Waals surface area contributed by atoms with Crippen molar-refractivity contribution >= 4 is 21.6 Å². The van der Waals surface area contributed by atoms with E-state index in [2.05, 4.69) is 18.2 Å². The molecule has 0 bridgehead atoms. The van der Waals surface area contributed by atoms with Crippen LogP contribution in [0.3, 0.4) is 0 Å². The van der Waals surface area contributed by atoms with E-state index < -0.39 is 0 Å². The SMILES string of the molecule is OC1CCCCC(Cc2nc3ccccc3s2)C1. The summed E-state index contributed by atoms with van der Waals surface area (Å²) in [5.41, 5.74) is 1.12. The zero-order valence-electron chi connectivity index (χ0n) is 10.5. The molecule has 0 spiro atoms. The number of hydrogen-bond donors (Lipinski definition) is 1. The number of aliphatic hydroxyl groups is 1. The minimum absolute atomic E-state index is 0.0909. The van der Waals surface area contributed by atoms with Gasteiger partial charge in [0.15, 0.2) is 0 Å². The van der Waals surface area contributed by atoms with Crippen molar-refractivity contribution in [2.24, 2.45) is 5.92 Å². The van der Waals surface area contributed by atoms with Gasteiger partial charge in [-0.05, 0) is 37.3 Å².